The Kier molecular flexibility index (Phi) is 7.98. The topological polar surface area (TPSA) is 0 Å². The van der Waals surface area contributed by atoms with Gasteiger partial charge < -0.3 is 0 Å². The number of hydrogen-bond donors (Lipinski definition) is 0. The van der Waals surface area contributed by atoms with Gasteiger partial charge in [0.25, 0.3) is 0 Å². The van der Waals surface area contributed by atoms with E-state index >= 15 is 0 Å². The minimum Gasteiger partial charge on any atom is -0.135 e. The molecule has 0 atom stereocenters. The summed E-state index contributed by atoms with van der Waals surface area (Å²) < 4.78 is 5.26. The Morgan fingerprint density at radius 1 is 0.214 bits per heavy atom. The summed E-state index contributed by atoms with van der Waals surface area (Å²) in [5.41, 5.74) is 14.8. The molecule has 0 radical (unpaired) electrons. The molecule has 0 aliphatic rings. The monoisotopic (exact) mass is 746 g/mol. The molecule has 0 amide bonds. The van der Waals surface area contributed by atoms with Gasteiger partial charge in [0, 0.05) is 40.3 Å². The third-order valence-corrected chi connectivity index (χ3v) is 13.4. The van der Waals surface area contributed by atoms with Crippen molar-refractivity contribution >= 4 is 63.0 Å². The molecular formula is C54H34S2. The minimum absolute atomic E-state index is 1.21. The Hall–Kier alpha value is -6.58. The fourth-order valence-corrected chi connectivity index (χ4v) is 10.6. The highest BCUT2D eigenvalue weighted by atomic mass is 32.1. The van der Waals surface area contributed by atoms with Crippen molar-refractivity contribution < 1.29 is 0 Å². The maximum atomic E-state index is 2.39. The van der Waals surface area contributed by atoms with Crippen molar-refractivity contribution in [2.45, 2.75) is 0 Å². The normalized spacial score (nSPS) is 11.6. The van der Waals surface area contributed by atoms with Crippen LogP contribution in [0.3, 0.4) is 0 Å². The average molecular weight is 747 g/mol. The lowest BCUT2D eigenvalue weighted by Gasteiger charge is -2.14. The largest absolute Gasteiger partial charge is 0.135 e. The molecule has 11 rings (SSSR count). The van der Waals surface area contributed by atoms with Gasteiger partial charge in [-0.05, 0) is 121 Å². The Bertz CT molecular complexity index is 3220. The van der Waals surface area contributed by atoms with Crippen LogP contribution in [0.1, 0.15) is 0 Å². The molecule has 0 unspecified atom stereocenters. The van der Waals surface area contributed by atoms with Crippen molar-refractivity contribution in [3.63, 3.8) is 0 Å². The summed E-state index contributed by atoms with van der Waals surface area (Å²) in [6.45, 7) is 0. The Labute approximate surface area is 334 Å². The van der Waals surface area contributed by atoms with Crippen LogP contribution in [-0.2, 0) is 0 Å². The van der Waals surface area contributed by atoms with Gasteiger partial charge in [0.2, 0.25) is 0 Å². The third-order valence-electron chi connectivity index (χ3n) is 11.1. The first-order valence-corrected chi connectivity index (χ1v) is 20.7. The maximum Gasteiger partial charge on any atom is 0.0361 e. The van der Waals surface area contributed by atoms with Gasteiger partial charge in [-0.15, -0.1) is 22.7 Å². The molecule has 9 aromatic carbocycles. The van der Waals surface area contributed by atoms with Gasteiger partial charge in [-0.1, -0.05) is 152 Å². The Morgan fingerprint density at radius 3 is 1.34 bits per heavy atom. The number of fused-ring (bicyclic) bond motifs is 6. The van der Waals surface area contributed by atoms with Gasteiger partial charge in [-0.25, -0.2) is 0 Å². The molecule has 0 saturated heterocycles. The van der Waals surface area contributed by atoms with Gasteiger partial charge in [0.05, 0.1) is 0 Å². The van der Waals surface area contributed by atoms with Crippen LogP contribution in [0.4, 0.5) is 0 Å². The SMILES string of the molecule is c1ccc(-c2ccc(-c3ccc4sc5cccc(-c6cccc(-c7cc(-c8ccccc8)cc(-c8cccc9sc%10ccccc%10c89)c7)c6)c5c4c3)cc2)cc1. The second-order valence-electron chi connectivity index (χ2n) is 14.5. The zero-order valence-electron chi connectivity index (χ0n) is 30.4. The van der Waals surface area contributed by atoms with Crippen molar-refractivity contribution in [1.82, 2.24) is 0 Å². The van der Waals surface area contributed by atoms with Gasteiger partial charge in [0.1, 0.15) is 0 Å². The van der Waals surface area contributed by atoms with E-state index in [2.05, 4.69) is 206 Å². The third kappa shape index (κ3) is 5.74. The predicted molar refractivity (Wildman–Crippen MR) is 245 cm³/mol. The summed E-state index contributed by atoms with van der Waals surface area (Å²) in [4.78, 5) is 0. The molecule has 0 spiro atoms. The van der Waals surface area contributed by atoms with Crippen molar-refractivity contribution in [1.29, 1.82) is 0 Å². The second-order valence-corrected chi connectivity index (χ2v) is 16.6. The molecule has 0 bridgehead atoms. The van der Waals surface area contributed by atoms with Crippen LogP contribution in [0.2, 0.25) is 0 Å². The lowest BCUT2D eigenvalue weighted by molar-refractivity contribution is 1.57. The van der Waals surface area contributed by atoms with Crippen molar-refractivity contribution in [3.05, 3.63) is 206 Å². The number of benzene rings is 9. The summed E-state index contributed by atoms with van der Waals surface area (Å²) >= 11 is 3.75. The first-order valence-electron chi connectivity index (χ1n) is 19.1. The summed E-state index contributed by atoms with van der Waals surface area (Å²) in [7, 11) is 0. The molecule has 11 aromatic rings. The molecule has 0 fully saturated rings. The molecule has 262 valence electrons. The fourth-order valence-electron chi connectivity index (χ4n) is 8.36. The Morgan fingerprint density at radius 2 is 0.625 bits per heavy atom. The van der Waals surface area contributed by atoms with Gasteiger partial charge in [-0.2, -0.15) is 0 Å². The molecule has 0 aliphatic heterocycles. The zero-order chi connectivity index (χ0) is 37.0. The van der Waals surface area contributed by atoms with E-state index in [0.29, 0.717) is 0 Å². The number of rotatable bonds is 6. The fraction of sp³-hybridized carbons (Fsp3) is 0. The standard InChI is InChI=1S/C54H34S2/c1-3-12-35(13-4-1)37-24-26-38(27-25-37)40-28-29-50-48(34-40)54-45(19-10-23-52(54)56-50)41-17-9-16-39(30-41)43-31-42(36-14-5-2-6-15-36)32-44(33-43)46-20-11-22-51-53(46)47-18-7-8-21-49(47)55-51/h1-34H. The molecule has 2 aromatic heterocycles. The molecule has 56 heavy (non-hydrogen) atoms. The first-order chi connectivity index (χ1) is 27.7. The summed E-state index contributed by atoms with van der Waals surface area (Å²) in [6.07, 6.45) is 0. The van der Waals surface area contributed by atoms with E-state index in [0.717, 1.165) is 0 Å². The molecular weight excluding hydrogens is 713 g/mol. The van der Waals surface area contributed by atoms with Crippen molar-refractivity contribution in [2.75, 3.05) is 0 Å². The first kappa shape index (κ1) is 32.8. The quantitative estimate of drug-likeness (QED) is 0.159. The molecule has 0 aliphatic carbocycles. The summed E-state index contributed by atoms with van der Waals surface area (Å²) in [6, 6.07) is 75.9. The molecule has 0 nitrogen and oxygen atoms in total. The smallest absolute Gasteiger partial charge is 0.0361 e. The van der Waals surface area contributed by atoms with Crippen LogP contribution in [0.5, 0.6) is 0 Å². The van der Waals surface area contributed by atoms with Gasteiger partial charge in [0.15, 0.2) is 0 Å². The van der Waals surface area contributed by atoms with E-state index in [4.69, 9.17) is 0 Å². The number of thiophene rings is 2. The van der Waals surface area contributed by atoms with Crippen LogP contribution < -0.4 is 0 Å². The van der Waals surface area contributed by atoms with E-state index < -0.39 is 0 Å². The molecule has 2 heterocycles. The summed E-state index contributed by atoms with van der Waals surface area (Å²) in [5, 5.41) is 5.28. The highest BCUT2D eigenvalue weighted by Gasteiger charge is 2.16. The maximum absolute atomic E-state index is 2.39. The average Bonchev–Trinajstić information content (AvgIpc) is 3.85. The summed E-state index contributed by atoms with van der Waals surface area (Å²) in [5.74, 6) is 0. The van der Waals surface area contributed by atoms with E-state index in [9.17, 15) is 0 Å². The van der Waals surface area contributed by atoms with Gasteiger partial charge >= 0.3 is 0 Å². The predicted octanol–water partition coefficient (Wildman–Crippen LogP) is 16.4. The van der Waals surface area contributed by atoms with Crippen molar-refractivity contribution in [3.8, 4) is 66.8 Å². The highest BCUT2D eigenvalue weighted by molar-refractivity contribution is 7.26. The van der Waals surface area contributed by atoms with E-state index in [1.54, 1.807) is 0 Å². The second kappa shape index (κ2) is 13.6. The van der Waals surface area contributed by atoms with E-state index in [1.807, 2.05) is 22.7 Å². The van der Waals surface area contributed by atoms with Crippen molar-refractivity contribution in [2.24, 2.45) is 0 Å². The van der Waals surface area contributed by atoms with Crippen LogP contribution in [0.15, 0.2) is 206 Å². The van der Waals surface area contributed by atoms with E-state index in [-0.39, 0.29) is 0 Å². The van der Waals surface area contributed by atoms with Gasteiger partial charge in [-0.3, -0.25) is 0 Å². The lowest BCUT2D eigenvalue weighted by Crippen LogP contribution is -1.88. The van der Waals surface area contributed by atoms with Crippen LogP contribution >= 0.6 is 22.7 Å². The van der Waals surface area contributed by atoms with Crippen LogP contribution in [0, 0.1) is 0 Å². The minimum atomic E-state index is 1.21. The molecule has 2 heteroatoms. The van der Waals surface area contributed by atoms with E-state index in [1.165, 1.54) is 107 Å². The zero-order valence-corrected chi connectivity index (χ0v) is 32.1. The lowest BCUT2D eigenvalue weighted by atomic mass is 9.90. The van der Waals surface area contributed by atoms with Crippen LogP contribution in [-0.4, -0.2) is 0 Å². The van der Waals surface area contributed by atoms with Crippen LogP contribution in [0.25, 0.3) is 107 Å². The highest BCUT2D eigenvalue weighted by Crippen LogP contribution is 2.44. The Balaban J connectivity index is 1.04. The number of hydrogen-bond acceptors (Lipinski definition) is 2. The molecule has 0 N–H and O–H groups in total. The molecule has 0 saturated carbocycles.